The molecule has 0 spiro atoms. The summed E-state index contributed by atoms with van der Waals surface area (Å²) >= 11 is 1.54. The van der Waals surface area contributed by atoms with E-state index in [9.17, 15) is 5.11 Å². The fraction of sp³-hybridized carbons (Fsp3) is 0.500. The molecule has 1 aromatic heterocycles. The summed E-state index contributed by atoms with van der Waals surface area (Å²) in [6.45, 7) is 3.14. The Kier molecular flexibility index (Phi) is 4.17. The van der Waals surface area contributed by atoms with Crippen LogP contribution in [0.4, 0.5) is 0 Å². The molecule has 2 unspecified atom stereocenters. The van der Waals surface area contributed by atoms with Crippen LogP contribution in [-0.2, 0) is 20.0 Å². The number of rotatable bonds is 4. The van der Waals surface area contributed by atoms with Crippen LogP contribution in [-0.4, -0.2) is 25.4 Å². The Hall–Kier alpha value is -1.14. The highest BCUT2D eigenvalue weighted by atomic mass is 32.1. The number of ether oxygens (including phenoxy) is 3. The first-order valence-corrected chi connectivity index (χ1v) is 7.92. The third-order valence-corrected chi connectivity index (χ3v) is 5.31. The van der Waals surface area contributed by atoms with Crippen molar-refractivity contribution >= 4 is 11.3 Å². The van der Waals surface area contributed by atoms with Crippen molar-refractivity contribution in [3.05, 3.63) is 45.9 Å². The Morgan fingerprint density at radius 3 is 2.86 bits per heavy atom. The van der Waals surface area contributed by atoms with Crippen molar-refractivity contribution in [3.8, 4) is 0 Å². The smallest absolute Gasteiger partial charge is 0.201 e. The molecule has 1 aliphatic carbocycles. The van der Waals surface area contributed by atoms with Crippen LogP contribution in [0.5, 0.6) is 0 Å². The van der Waals surface area contributed by atoms with E-state index < -0.39 is 11.9 Å². The molecule has 0 amide bonds. The zero-order chi connectivity index (χ0) is 14.9. The van der Waals surface area contributed by atoms with Crippen molar-refractivity contribution in [2.75, 3.05) is 20.3 Å². The topological polar surface area (TPSA) is 47.9 Å². The van der Waals surface area contributed by atoms with Gasteiger partial charge in [-0.05, 0) is 31.6 Å². The molecule has 2 heterocycles. The van der Waals surface area contributed by atoms with Crippen molar-refractivity contribution in [1.82, 2.24) is 0 Å². The standard InChI is InChI=1S/C16H20O4S/c1-16(19-9-10-20-16)14-8-7-13(21-14)15(17)11-5-3-4-6-12(11)18-2/h3-4,6-8,11,15,17H,5,9-10H2,1-2H3. The van der Waals surface area contributed by atoms with E-state index in [1.807, 2.05) is 31.2 Å². The van der Waals surface area contributed by atoms with Crippen LogP contribution >= 0.6 is 11.3 Å². The summed E-state index contributed by atoms with van der Waals surface area (Å²) in [4.78, 5) is 1.90. The van der Waals surface area contributed by atoms with Gasteiger partial charge in [0.15, 0.2) is 0 Å². The summed E-state index contributed by atoms with van der Waals surface area (Å²) in [6, 6.07) is 3.93. The molecule has 1 aromatic rings. The minimum absolute atomic E-state index is 0.0373. The predicted molar refractivity (Wildman–Crippen MR) is 80.9 cm³/mol. The minimum Gasteiger partial charge on any atom is -0.501 e. The average Bonchev–Trinajstić information content (AvgIpc) is 3.16. The van der Waals surface area contributed by atoms with E-state index in [1.165, 1.54) is 11.3 Å². The van der Waals surface area contributed by atoms with Gasteiger partial charge in [-0.25, -0.2) is 0 Å². The summed E-state index contributed by atoms with van der Waals surface area (Å²) in [6.07, 6.45) is 6.12. The van der Waals surface area contributed by atoms with Gasteiger partial charge in [0.25, 0.3) is 0 Å². The Balaban J connectivity index is 1.79. The van der Waals surface area contributed by atoms with Gasteiger partial charge in [0.2, 0.25) is 5.79 Å². The highest BCUT2D eigenvalue weighted by Gasteiger charge is 2.36. The van der Waals surface area contributed by atoms with Crippen LogP contribution in [0, 0.1) is 5.92 Å². The van der Waals surface area contributed by atoms with Gasteiger partial charge in [0.1, 0.15) is 5.76 Å². The van der Waals surface area contributed by atoms with Crippen molar-refractivity contribution < 1.29 is 19.3 Å². The van der Waals surface area contributed by atoms with Crippen molar-refractivity contribution in [1.29, 1.82) is 0 Å². The molecule has 2 aliphatic rings. The normalized spacial score (nSPS) is 25.7. The summed E-state index contributed by atoms with van der Waals surface area (Å²) < 4.78 is 16.7. The zero-order valence-electron chi connectivity index (χ0n) is 12.2. The second-order valence-corrected chi connectivity index (χ2v) is 6.45. The number of aliphatic hydroxyl groups excluding tert-OH is 1. The molecule has 1 saturated heterocycles. The molecule has 4 nitrogen and oxygen atoms in total. The van der Waals surface area contributed by atoms with E-state index >= 15 is 0 Å². The number of thiophene rings is 1. The summed E-state index contributed by atoms with van der Waals surface area (Å²) in [5.41, 5.74) is 0. The predicted octanol–water partition coefficient (Wildman–Crippen LogP) is 3.11. The maximum Gasteiger partial charge on any atom is 0.201 e. The van der Waals surface area contributed by atoms with Gasteiger partial charge in [-0.2, -0.15) is 0 Å². The highest BCUT2D eigenvalue weighted by Crippen LogP contribution is 2.41. The fourth-order valence-corrected chi connectivity index (χ4v) is 3.86. The zero-order valence-corrected chi connectivity index (χ0v) is 13.1. The van der Waals surface area contributed by atoms with E-state index in [-0.39, 0.29) is 5.92 Å². The largest absolute Gasteiger partial charge is 0.501 e. The number of methoxy groups -OCH3 is 1. The van der Waals surface area contributed by atoms with Crippen LogP contribution in [0.25, 0.3) is 0 Å². The van der Waals surface area contributed by atoms with Crippen molar-refractivity contribution in [3.63, 3.8) is 0 Å². The molecular formula is C16H20O4S. The minimum atomic E-state index is -0.672. The molecule has 0 saturated carbocycles. The lowest BCUT2D eigenvalue weighted by atomic mass is 9.92. The molecule has 0 bridgehead atoms. The Morgan fingerprint density at radius 2 is 2.14 bits per heavy atom. The van der Waals surface area contributed by atoms with Gasteiger partial charge >= 0.3 is 0 Å². The second kappa shape index (κ2) is 5.93. The number of hydrogen-bond donors (Lipinski definition) is 1. The van der Waals surface area contributed by atoms with E-state index in [0.29, 0.717) is 13.2 Å². The van der Waals surface area contributed by atoms with Crippen molar-refractivity contribution in [2.24, 2.45) is 5.92 Å². The van der Waals surface area contributed by atoms with Crippen LogP contribution in [0.15, 0.2) is 36.1 Å². The Bertz CT molecular complexity index is 554. The molecule has 114 valence electrons. The number of allylic oxidation sites excluding steroid dienone is 3. The monoisotopic (exact) mass is 308 g/mol. The van der Waals surface area contributed by atoms with Gasteiger partial charge in [-0.1, -0.05) is 12.2 Å². The first-order valence-electron chi connectivity index (χ1n) is 7.11. The van der Waals surface area contributed by atoms with Gasteiger partial charge in [0, 0.05) is 4.88 Å². The number of hydrogen-bond acceptors (Lipinski definition) is 5. The lowest BCUT2D eigenvalue weighted by Gasteiger charge is -2.25. The van der Waals surface area contributed by atoms with Crippen molar-refractivity contribution in [2.45, 2.75) is 25.2 Å². The molecule has 1 N–H and O–H groups in total. The molecular weight excluding hydrogens is 288 g/mol. The SMILES string of the molecule is COC1=CC=CCC1C(O)c1ccc(C2(C)OCCO2)s1. The molecule has 21 heavy (non-hydrogen) atoms. The Labute approximate surface area is 128 Å². The lowest BCUT2D eigenvalue weighted by Crippen LogP contribution is -2.20. The molecule has 5 heteroatoms. The molecule has 3 rings (SSSR count). The molecule has 1 fully saturated rings. The average molecular weight is 308 g/mol. The highest BCUT2D eigenvalue weighted by molar-refractivity contribution is 7.12. The van der Waals surface area contributed by atoms with Crippen LogP contribution in [0.3, 0.4) is 0 Å². The van der Waals surface area contributed by atoms with Crippen LogP contribution in [0.2, 0.25) is 0 Å². The van der Waals surface area contributed by atoms with Gasteiger partial charge in [-0.3, -0.25) is 0 Å². The molecule has 0 radical (unpaired) electrons. The van der Waals surface area contributed by atoms with E-state index in [2.05, 4.69) is 6.08 Å². The quantitative estimate of drug-likeness (QED) is 0.928. The van der Waals surface area contributed by atoms with E-state index in [1.54, 1.807) is 7.11 Å². The summed E-state index contributed by atoms with van der Waals surface area (Å²) in [7, 11) is 1.64. The van der Waals surface area contributed by atoms with E-state index in [0.717, 1.165) is 21.9 Å². The van der Waals surface area contributed by atoms with Crippen LogP contribution in [0.1, 0.15) is 29.2 Å². The third kappa shape index (κ3) is 2.79. The van der Waals surface area contributed by atoms with Gasteiger partial charge in [0.05, 0.1) is 37.2 Å². The Morgan fingerprint density at radius 1 is 1.38 bits per heavy atom. The fourth-order valence-electron chi connectivity index (χ4n) is 2.74. The first-order chi connectivity index (χ1) is 10.1. The molecule has 1 aliphatic heterocycles. The van der Waals surface area contributed by atoms with E-state index in [4.69, 9.17) is 14.2 Å². The summed E-state index contributed by atoms with van der Waals surface area (Å²) in [5.74, 6) is 0.110. The van der Waals surface area contributed by atoms with Crippen LogP contribution < -0.4 is 0 Å². The number of aliphatic hydroxyl groups is 1. The van der Waals surface area contributed by atoms with Gasteiger partial charge in [-0.15, -0.1) is 11.3 Å². The molecule has 0 aromatic carbocycles. The maximum absolute atomic E-state index is 10.7. The maximum atomic E-state index is 10.7. The first kappa shape index (κ1) is 14.8. The summed E-state index contributed by atoms with van der Waals surface area (Å²) in [5, 5.41) is 10.7. The lowest BCUT2D eigenvalue weighted by molar-refractivity contribution is -0.146. The molecule has 2 atom stereocenters. The second-order valence-electron chi connectivity index (χ2n) is 5.33. The third-order valence-electron chi connectivity index (χ3n) is 3.97. The van der Waals surface area contributed by atoms with Gasteiger partial charge < -0.3 is 19.3 Å².